The fraction of sp³-hybridized carbons (Fsp3) is 0.179. The maximum Gasteiger partial charge on any atom is 0.251 e. The second-order valence-corrected chi connectivity index (χ2v) is 8.59. The van der Waals surface area contributed by atoms with Crippen LogP contribution in [0.2, 0.25) is 0 Å². The topological polar surface area (TPSA) is 67.2 Å². The predicted molar refractivity (Wildman–Crippen MR) is 131 cm³/mol. The second kappa shape index (κ2) is 9.93. The minimum Gasteiger partial charge on any atom is -0.348 e. The molecule has 1 aromatic heterocycles. The SMILES string of the molecule is O=C(NCc1cn(-c2ccccc2)nc1-c1ccc(F)cc1)c1ccc(CN2CCCC2=O)cc1. The molecule has 1 fully saturated rings. The molecule has 0 radical (unpaired) electrons. The lowest BCUT2D eigenvalue weighted by molar-refractivity contribution is -0.128. The molecule has 4 aromatic rings. The maximum absolute atomic E-state index is 13.5. The van der Waals surface area contributed by atoms with Crippen molar-refractivity contribution in [3.8, 4) is 16.9 Å². The summed E-state index contributed by atoms with van der Waals surface area (Å²) >= 11 is 0. The third-order valence-corrected chi connectivity index (χ3v) is 6.13. The molecule has 3 aromatic carbocycles. The number of rotatable bonds is 7. The molecule has 0 unspecified atom stereocenters. The first-order chi connectivity index (χ1) is 17.1. The molecule has 0 spiro atoms. The van der Waals surface area contributed by atoms with Crippen molar-refractivity contribution in [3.05, 3.63) is 108 Å². The summed E-state index contributed by atoms with van der Waals surface area (Å²) in [7, 11) is 0. The van der Waals surface area contributed by atoms with Crippen LogP contribution in [-0.4, -0.2) is 33.0 Å². The molecule has 1 aliphatic rings. The first-order valence-corrected chi connectivity index (χ1v) is 11.6. The highest BCUT2D eigenvalue weighted by molar-refractivity contribution is 5.94. The Morgan fingerprint density at radius 2 is 1.71 bits per heavy atom. The number of hydrogen-bond donors (Lipinski definition) is 1. The van der Waals surface area contributed by atoms with Gasteiger partial charge >= 0.3 is 0 Å². The quantitative estimate of drug-likeness (QED) is 0.426. The number of carbonyl (C=O) groups excluding carboxylic acids is 2. The smallest absolute Gasteiger partial charge is 0.251 e. The molecule has 1 aliphatic heterocycles. The van der Waals surface area contributed by atoms with Crippen LogP contribution in [0.15, 0.2) is 85.1 Å². The van der Waals surface area contributed by atoms with Gasteiger partial charge < -0.3 is 10.2 Å². The van der Waals surface area contributed by atoms with Gasteiger partial charge in [0.25, 0.3) is 5.91 Å². The molecule has 1 saturated heterocycles. The van der Waals surface area contributed by atoms with Gasteiger partial charge in [0.15, 0.2) is 0 Å². The highest BCUT2D eigenvalue weighted by Crippen LogP contribution is 2.24. The largest absolute Gasteiger partial charge is 0.348 e. The molecule has 6 nitrogen and oxygen atoms in total. The zero-order chi connectivity index (χ0) is 24.2. The molecule has 0 bridgehead atoms. The lowest BCUT2D eigenvalue weighted by Gasteiger charge is -2.15. The summed E-state index contributed by atoms with van der Waals surface area (Å²) in [4.78, 5) is 26.5. The van der Waals surface area contributed by atoms with E-state index in [1.54, 1.807) is 28.9 Å². The van der Waals surface area contributed by atoms with E-state index in [1.807, 2.05) is 53.6 Å². The first kappa shape index (κ1) is 22.5. The molecule has 2 heterocycles. The van der Waals surface area contributed by atoms with Crippen molar-refractivity contribution < 1.29 is 14.0 Å². The van der Waals surface area contributed by atoms with Crippen molar-refractivity contribution in [3.63, 3.8) is 0 Å². The monoisotopic (exact) mass is 468 g/mol. The van der Waals surface area contributed by atoms with Gasteiger partial charge in [-0.1, -0.05) is 30.3 Å². The van der Waals surface area contributed by atoms with Gasteiger partial charge in [-0.25, -0.2) is 9.07 Å². The van der Waals surface area contributed by atoms with E-state index in [2.05, 4.69) is 5.32 Å². The second-order valence-electron chi connectivity index (χ2n) is 8.59. The predicted octanol–water partition coefficient (Wildman–Crippen LogP) is 4.73. The highest BCUT2D eigenvalue weighted by Gasteiger charge is 2.20. The third-order valence-electron chi connectivity index (χ3n) is 6.13. The minimum atomic E-state index is -0.316. The van der Waals surface area contributed by atoms with Crippen molar-refractivity contribution in [2.75, 3.05) is 6.54 Å². The van der Waals surface area contributed by atoms with Crippen LogP contribution in [0.5, 0.6) is 0 Å². The number of aromatic nitrogens is 2. The molecule has 176 valence electrons. The van der Waals surface area contributed by atoms with E-state index in [0.717, 1.165) is 35.3 Å². The Morgan fingerprint density at radius 1 is 0.971 bits per heavy atom. The molecule has 35 heavy (non-hydrogen) atoms. The summed E-state index contributed by atoms with van der Waals surface area (Å²) in [6.45, 7) is 1.62. The Bertz CT molecular complexity index is 1330. The van der Waals surface area contributed by atoms with Gasteiger partial charge in [-0.3, -0.25) is 9.59 Å². The normalized spacial score (nSPS) is 13.3. The molecule has 1 N–H and O–H groups in total. The van der Waals surface area contributed by atoms with Crippen LogP contribution in [0.3, 0.4) is 0 Å². The van der Waals surface area contributed by atoms with Gasteiger partial charge in [0.2, 0.25) is 5.91 Å². The number of likely N-dealkylation sites (tertiary alicyclic amines) is 1. The van der Waals surface area contributed by atoms with Gasteiger partial charge in [-0.2, -0.15) is 5.10 Å². The fourth-order valence-corrected chi connectivity index (χ4v) is 4.23. The van der Waals surface area contributed by atoms with Crippen LogP contribution in [-0.2, 0) is 17.9 Å². The molecule has 7 heteroatoms. The van der Waals surface area contributed by atoms with Gasteiger partial charge in [-0.15, -0.1) is 0 Å². The molecule has 0 saturated carbocycles. The van der Waals surface area contributed by atoms with E-state index in [-0.39, 0.29) is 24.2 Å². The summed E-state index contributed by atoms with van der Waals surface area (Å²) in [5.74, 6) is -0.338. The van der Waals surface area contributed by atoms with Gasteiger partial charge in [-0.05, 0) is 60.5 Å². The zero-order valence-corrected chi connectivity index (χ0v) is 19.2. The minimum absolute atomic E-state index is 0.180. The fourth-order valence-electron chi connectivity index (χ4n) is 4.23. The van der Waals surface area contributed by atoms with Crippen LogP contribution < -0.4 is 5.32 Å². The molecule has 5 rings (SSSR count). The van der Waals surface area contributed by atoms with Gasteiger partial charge in [0.05, 0.1) is 11.4 Å². The lowest BCUT2D eigenvalue weighted by Crippen LogP contribution is -2.24. The van der Waals surface area contributed by atoms with Crippen LogP contribution in [0.4, 0.5) is 4.39 Å². The standard InChI is InChI=1S/C28H25FN4O2/c29-24-14-12-21(13-15-24)27-23(19-33(31-27)25-5-2-1-3-6-25)17-30-28(35)22-10-8-20(9-11-22)18-32-16-4-7-26(32)34/h1-3,5-6,8-15,19H,4,7,16-18H2,(H,30,35). The van der Waals surface area contributed by atoms with Gasteiger partial charge in [0, 0.05) is 48.9 Å². The van der Waals surface area contributed by atoms with Crippen molar-refractivity contribution in [1.29, 1.82) is 0 Å². The van der Waals surface area contributed by atoms with E-state index in [0.29, 0.717) is 24.2 Å². The Labute approximate surface area is 203 Å². The van der Waals surface area contributed by atoms with Gasteiger partial charge in [0.1, 0.15) is 5.82 Å². The van der Waals surface area contributed by atoms with E-state index < -0.39 is 0 Å². The summed E-state index contributed by atoms with van der Waals surface area (Å²) in [5.41, 5.74) is 4.70. The number of nitrogens with zero attached hydrogens (tertiary/aromatic N) is 3. The Balaban J connectivity index is 1.32. The number of benzene rings is 3. The maximum atomic E-state index is 13.5. The van der Waals surface area contributed by atoms with Crippen LogP contribution in [0.1, 0.15) is 34.3 Å². The summed E-state index contributed by atoms with van der Waals surface area (Å²) in [6.07, 6.45) is 3.39. The first-order valence-electron chi connectivity index (χ1n) is 11.6. The average molecular weight is 469 g/mol. The Morgan fingerprint density at radius 3 is 2.40 bits per heavy atom. The van der Waals surface area contributed by atoms with E-state index in [1.165, 1.54) is 12.1 Å². The lowest BCUT2D eigenvalue weighted by atomic mass is 10.1. The molecule has 0 atom stereocenters. The number of para-hydroxylation sites is 1. The van der Waals surface area contributed by atoms with Crippen molar-refractivity contribution in [2.45, 2.75) is 25.9 Å². The summed E-state index contributed by atoms with van der Waals surface area (Å²) in [6, 6.07) is 23.2. The van der Waals surface area contributed by atoms with Crippen molar-refractivity contribution >= 4 is 11.8 Å². The van der Waals surface area contributed by atoms with Crippen LogP contribution in [0, 0.1) is 5.82 Å². The average Bonchev–Trinajstić information content (AvgIpc) is 3.50. The number of nitrogens with one attached hydrogen (secondary N) is 1. The molecular formula is C28H25FN4O2. The highest BCUT2D eigenvalue weighted by atomic mass is 19.1. The molecule has 2 amide bonds. The summed E-state index contributed by atoms with van der Waals surface area (Å²) in [5, 5.41) is 7.68. The van der Waals surface area contributed by atoms with Crippen LogP contribution in [0.25, 0.3) is 16.9 Å². The van der Waals surface area contributed by atoms with E-state index in [4.69, 9.17) is 5.10 Å². The number of carbonyl (C=O) groups is 2. The molecule has 0 aliphatic carbocycles. The van der Waals surface area contributed by atoms with Crippen molar-refractivity contribution in [2.24, 2.45) is 0 Å². The van der Waals surface area contributed by atoms with E-state index >= 15 is 0 Å². The zero-order valence-electron chi connectivity index (χ0n) is 19.2. The number of halogens is 1. The molecular weight excluding hydrogens is 443 g/mol. The third kappa shape index (κ3) is 5.14. The van der Waals surface area contributed by atoms with Crippen LogP contribution >= 0.6 is 0 Å². The van der Waals surface area contributed by atoms with E-state index in [9.17, 15) is 14.0 Å². The Hall–Kier alpha value is -4.26. The number of hydrogen-bond acceptors (Lipinski definition) is 3. The Kier molecular flexibility index (Phi) is 6.39. The summed E-state index contributed by atoms with van der Waals surface area (Å²) < 4.78 is 15.2. The number of amides is 2. The van der Waals surface area contributed by atoms with Crippen molar-refractivity contribution in [1.82, 2.24) is 20.0 Å².